The molecule has 0 aromatic carbocycles. The SMILES string of the molecule is O=S(=O)(C1=CC(CBr)C1)C1=CC(CBr)C1. The van der Waals surface area contributed by atoms with Crippen LogP contribution in [0.15, 0.2) is 22.0 Å². The maximum absolute atomic E-state index is 12.0. The average molecular weight is 356 g/mol. The number of alkyl halides is 2. The number of hydrogen-bond donors (Lipinski definition) is 0. The lowest BCUT2D eigenvalue weighted by atomic mass is 9.97. The lowest BCUT2D eigenvalue weighted by Crippen LogP contribution is -2.24. The summed E-state index contributed by atoms with van der Waals surface area (Å²) in [6.07, 6.45) is 5.13. The molecular formula is C10H12Br2O2S. The van der Waals surface area contributed by atoms with E-state index in [2.05, 4.69) is 31.9 Å². The van der Waals surface area contributed by atoms with E-state index < -0.39 is 9.84 Å². The van der Waals surface area contributed by atoms with Crippen molar-refractivity contribution in [2.45, 2.75) is 12.8 Å². The van der Waals surface area contributed by atoms with Gasteiger partial charge in [0.2, 0.25) is 0 Å². The van der Waals surface area contributed by atoms with E-state index in [1.54, 1.807) is 0 Å². The Morgan fingerprint density at radius 2 is 1.40 bits per heavy atom. The van der Waals surface area contributed by atoms with Crippen molar-refractivity contribution in [3.63, 3.8) is 0 Å². The van der Waals surface area contributed by atoms with E-state index in [4.69, 9.17) is 0 Å². The molecule has 2 rings (SSSR count). The van der Waals surface area contributed by atoms with E-state index in [0.29, 0.717) is 34.5 Å². The van der Waals surface area contributed by atoms with Crippen molar-refractivity contribution < 1.29 is 8.42 Å². The molecule has 0 aromatic rings. The highest BCUT2D eigenvalue weighted by molar-refractivity contribution is 9.09. The third-order valence-corrected chi connectivity index (χ3v) is 6.51. The number of halogens is 2. The normalized spacial score (nSPS) is 30.0. The van der Waals surface area contributed by atoms with Gasteiger partial charge < -0.3 is 0 Å². The van der Waals surface area contributed by atoms with Gasteiger partial charge in [-0.25, -0.2) is 8.42 Å². The highest BCUT2D eigenvalue weighted by Crippen LogP contribution is 2.40. The van der Waals surface area contributed by atoms with Gasteiger partial charge >= 0.3 is 0 Å². The average Bonchev–Trinajstić information content (AvgIpc) is 1.98. The van der Waals surface area contributed by atoms with Crippen LogP contribution in [-0.4, -0.2) is 19.1 Å². The number of hydrogen-bond acceptors (Lipinski definition) is 2. The highest BCUT2D eigenvalue weighted by atomic mass is 79.9. The third-order valence-electron chi connectivity index (χ3n) is 2.86. The van der Waals surface area contributed by atoms with Crippen LogP contribution in [0.25, 0.3) is 0 Å². The summed E-state index contributed by atoms with van der Waals surface area (Å²) in [6, 6.07) is 0. The minimum atomic E-state index is -3.07. The van der Waals surface area contributed by atoms with Crippen LogP contribution in [0.1, 0.15) is 12.8 Å². The fraction of sp³-hybridized carbons (Fsp3) is 0.600. The summed E-state index contributed by atoms with van der Waals surface area (Å²) >= 11 is 6.70. The molecule has 0 fully saturated rings. The molecule has 0 N–H and O–H groups in total. The van der Waals surface area contributed by atoms with E-state index in [1.807, 2.05) is 12.2 Å². The molecule has 0 amide bonds. The van der Waals surface area contributed by atoms with Gasteiger partial charge in [0.05, 0.1) is 0 Å². The van der Waals surface area contributed by atoms with Crippen molar-refractivity contribution in [1.82, 2.24) is 0 Å². The van der Waals surface area contributed by atoms with Gasteiger partial charge in [-0.15, -0.1) is 0 Å². The molecule has 0 heterocycles. The molecule has 0 saturated carbocycles. The molecule has 2 aliphatic carbocycles. The molecule has 2 aliphatic rings. The molecule has 15 heavy (non-hydrogen) atoms. The van der Waals surface area contributed by atoms with Crippen LogP contribution in [0, 0.1) is 11.8 Å². The first-order valence-electron chi connectivity index (χ1n) is 4.86. The zero-order chi connectivity index (χ0) is 11.1. The summed E-state index contributed by atoms with van der Waals surface area (Å²) < 4.78 is 23.9. The zero-order valence-corrected chi connectivity index (χ0v) is 12.1. The summed E-state index contributed by atoms with van der Waals surface area (Å²) in [6.45, 7) is 0. The van der Waals surface area contributed by atoms with Crippen LogP contribution in [-0.2, 0) is 9.84 Å². The van der Waals surface area contributed by atoms with Crippen molar-refractivity contribution in [2.24, 2.45) is 11.8 Å². The maximum Gasteiger partial charge on any atom is 0.198 e. The van der Waals surface area contributed by atoms with Crippen molar-refractivity contribution in [1.29, 1.82) is 0 Å². The Bertz CT molecular complexity index is 389. The fourth-order valence-corrected chi connectivity index (χ4v) is 4.52. The van der Waals surface area contributed by atoms with Gasteiger partial charge in [-0.2, -0.15) is 0 Å². The molecule has 0 saturated heterocycles. The molecule has 2 nitrogen and oxygen atoms in total. The van der Waals surface area contributed by atoms with Gasteiger partial charge in [0, 0.05) is 20.5 Å². The second-order valence-electron chi connectivity index (χ2n) is 4.01. The Kier molecular flexibility index (Phi) is 3.43. The summed E-state index contributed by atoms with van der Waals surface area (Å²) in [5, 5.41) is 1.71. The van der Waals surface area contributed by atoms with Gasteiger partial charge in [-0.1, -0.05) is 44.0 Å². The first-order chi connectivity index (χ1) is 7.07. The van der Waals surface area contributed by atoms with Gasteiger partial charge in [-0.3, -0.25) is 0 Å². The molecule has 84 valence electrons. The van der Waals surface area contributed by atoms with E-state index >= 15 is 0 Å². The van der Waals surface area contributed by atoms with E-state index in [1.165, 1.54) is 0 Å². The van der Waals surface area contributed by atoms with Crippen molar-refractivity contribution in [3.8, 4) is 0 Å². The second-order valence-corrected chi connectivity index (χ2v) is 7.36. The zero-order valence-electron chi connectivity index (χ0n) is 8.12. The van der Waals surface area contributed by atoms with Gasteiger partial charge in [0.25, 0.3) is 0 Å². The van der Waals surface area contributed by atoms with Crippen LogP contribution in [0.4, 0.5) is 0 Å². The Labute approximate surface area is 107 Å². The summed E-state index contributed by atoms with van der Waals surface area (Å²) in [4.78, 5) is 1.23. The Balaban J connectivity index is 2.11. The predicted octanol–water partition coefficient (Wildman–Crippen LogP) is 3.00. The topological polar surface area (TPSA) is 34.1 Å². The van der Waals surface area contributed by atoms with Gasteiger partial charge in [0.15, 0.2) is 9.84 Å². The Morgan fingerprint density at radius 1 is 1.07 bits per heavy atom. The predicted molar refractivity (Wildman–Crippen MR) is 68.9 cm³/mol. The molecule has 0 radical (unpaired) electrons. The molecule has 5 heteroatoms. The summed E-state index contributed by atoms with van der Waals surface area (Å²) in [5.74, 6) is 0.810. The molecule has 2 atom stereocenters. The second kappa shape index (κ2) is 4.34. The lowest BCUT2D eigenvalue weighted by molar-refractivity contribution is 0.578. The fourth-order valence-electron chi connectivity index (χ4n) is 1.74. The van der Waals surface area contributed by atoms with Crippen molar-refractivity contribution in [2.75, 3.05) is 10.7 Å². The van der Waals surface area contributed by atoms with Crippen LogP contribution < -0.4 is 0 Å². The molecule has 0 bridgehead atoms. The van der Waals surface area contributed by atoms with E-state index in [-0.39, 0.29) is 0 Å². The lowest BCUT2D eigenvalue weighted by Gasteiger charge is -2.29. The number of allylic oxidation sites excluding steroid dienone is 4. The highest BCUT2D eigenvalue weighted by Gasteiger charge is 2.35. The molecular weight excluding hydrogens is 344 g/mol. The van der Waals surface area contributed by atoms with Crippen molar-refractivity contribution in [3.05, 3.63) is 22.0 Å². The Morgan fingerprint density at radius 3 is 1.67 bits per heavy atom. The minimum absolute atomic E-state index is 0.405. The first kappa shape index (κ1) is 11.9. The van der Waals surface area contributed by atoms with E-state index in [0.717, 1.165) is 10.7 Å². The molecule has 0 aliphatic heterocycles. The monoisotopic (exact) mass is 354 g/mol. The molecule has 0 aromatic heterocycles. The Hall–Kier alpha value is 0.390. The van der Waals surface area contributed by atoms with Crippen LogP contribution in [0.2, 0.25) is 0 Å². The maximum atomic E-state index is 12.0. The largest absolute Gasteiger partial charge is 0.219 e. The van der Waals surface area contributed by atoms with Crippen LogP contribution in [0.3, 0.4) is 0 Å². The van der Waals surface area contributed by atoms with E-state index in [9.17, 15) is 8.42 Å². The number of sulfone groups is 1. The van der Waals surface area contributed by atoms with Gasteiger partial charge in [-0.05, 0) is 24.7 Å². The first-order valence-corrected chi connectivity index (χ1v) is 8.59. The molecule has 2 unspecified atom stereocenters. The summed E-state index contributed by atoms with van der Waals surface area (Å²) in [5.41, 5.74) is 0. The minimum Gasteiger partial charge on any atom is -0.219 e. The van der Waals surface area contributed by atoms with Crippen molar-refractivity contribution >= 4 is 41.7 Å². The van der Waals surface area contributed by atoms with Crippen LogP contribution >= 0.6 is 31.9 Å². The third kappa shape index (κ3) is 2.11. The van der Waals surface area contributed by atoms with Crippen LogP contribution in [0.5, 0.6) is 0 Å². The standard InChI is InChI=1S/C10H12Br2O2S/c11-5-7-1-9(2-7)15(13,14)10-3-8(4-10)6-12/h1,3,7-8H,2,4-6H2. The smallest absolute Gasteiger partial charge is 0.198 e. The van der Waals surface area contributed by atoms with Gasteiger partial charge in [0.1, 0.15) is 0 Å². The quantitative estimate of drug-likeness (QED) is 0.726. The molecule has 0 spiro atoms. The number of rotatable bonds is 4. The summed E-state index contributed by atoms with van der Waals surface area (Å²) in [7, 11) is -3.07.